The fourth-order valence-electron chi connectivity index (χ4n) is 2.79. The number of nitrogens with one attached hydrogen (secondary N) is 2. The Labute approximate surface area is 180 Å². The molecule has 0 atom stereocenters. The van der Waals surface area contributed by atoms with Gasteiger partial charge in [0.1, 0.15) is 5.75 Å². The molecule has 0 aliphatic heterocycles. The molecular formula is C22H21ClN2O4S. The Hall–Kier alpha value is -3.03. The van der Waals surface area contributed by atoms with E-state index in [-0.39, 0.29) is 19.1 Å². The summed E-state index contributed by atoms with van der Waals surface area (Å²) in [5.41, 5.74) is 3.04. The van der Waals surface area contributed by atoms with Gasteiger partial charge in [0, 0.05) is 6.54 Å². The van der Waals surface area contributed by atoms with Gasteiger partial charge in [-0.05, 0) is 34.9 Å². The van der Waals surface area contributed by atoms with Gasteiger partial charge in [0.05, 0.1) is 17.0 Å². The number of hydrogen-bond donors (Lipinski definition) is 2. The molecule has 0 fully saturated rings. The van der Waals surface area contributed by atoms with Gasteiger partial charge < -0.3 is 10.1 Å². The number of hydrogen-bond acceptors (Lipinski definition) is 4. The number of carbonyl (C=O) groups is 1. The zero-order valence-corrected chi connectivity index (χ0v) is 17.8. The fourth-order valence-corrected chi connectivity index (χ4v) is 3.62. The number of anilines is 1. The zero-order valence-electron chi connectivity index (χ0n) is 16.3. The smallest absolute Gasteiger partial charge is 0.258 e. The second kappa shape index (κ2) is 9.65. The number of sulfonamides is 1. The highest BCUT2D eigenvalue weighted by Gasteiger charge is 2.10. The lowest BCUT2D eigenvalue weighted by Crippen LogP contribution is -2.29. The Bertz CT molecular complexity index is 1130. The van der Waals surface area contributed by atoms with Crippen LogP contribution in [0.2, 0.25) is 5.02 Å². The number of benzene rings is 3. The minimum atomic E-state index is -3.42. The second-order valence-electron chi connectivity index (χ2n) is 6.61. The van der Waals surface area contributed by atoms with Crippen molar-refractivity contribution in [1.82, 2.24) is 5.32 Å². The number of carbonyl (C=O) groups excluding carboxylic acids is 1. The second-order valence-corrected chi connectivity index (χ2v) is 8.76. The molecule has 8 heteroatoms. The molecule has 30 heavy (non-hydrogen) atoms. The lowest BCUT2D eigenvalue weighted by Gasteiger charge is -2.12. The molecule has 0 heterocycles. The lowest BCUT2D eigenvalue weighted by molar-refractivity contribution is -0.123. The van der Waals surface area contributed by atoms with Gasteiger partial charge in [-0.1, -0.05) is 66.2 Å². The van der Waals surface area contributed by atoms with Gasteiger partial charge in [0.25, 0.3) is 5.91 Å². The summed E-state index contributed by atoms with van der Waals surface area (Å²) >= 11 is 6.30. The Morgan fingerprint density at radius 1 is 0.967 bits per heavy atom. The quantitative estimate of drug-likeness (QED) is 0.548. The van der Waals surface area contributed by atoms with Gasteiger partial charge in [-0.15, -0.1) is 0 Å². The van der Waals surface area contributed by atoms with E-state index in [9.17, 15) is 13.2 Å². The summed E-state index contributed by atoms with van der Waals surface area (Å²) < 4.78 is 30.9. The van der Waals surface area contributed by atoms with Gasteiger partial charge in [0.15, 0.2) is 6.61 Å². The average Bonchev–Trinajstić information content (AvgIpc) is 2.71. The molecule has 3 rings (SSSR count). The molecule has 3 aromatic rings. The first-order valence-corrected chi connectivity index (χ1v) is 11.4. The van der Waals surface area contributed by atoms with Crippen molar-refractivity contribution in [1.29, 1.82) is 0 Å². The van der Waals surface area contributed by atoms with E-state index in [1.54, 1.807) is 36.4 Å². The minimum absolute atomic E-state index is 0.154. The SMILES string of the molecule is CS(=O)(=O)Nc1ccccc1CNC(=O)COc1ccc(-c2ccccc2)cc1Cl. The van der Waals surface area contributed by atoms with E-state index in [2.05, 4.69) is 10.0 Å². The summed E-state index contributed by atoms with van der Waals surface area (Å²) in [5.74, 6) is 0.0537. The fraction of sp³-hybridized carbons (Fsp3) is 0.136. The van der Waals surface area contributed by atoms with E-state index >= 15 is 0 Å². The van der Waals surface area contributed by atoms with Crippen LogP contribution in [-0.2, 0) is 21.4 Å². The largest absolute Gasteiger partial charge is 0.482 e. The standard InChI is InChI=1S/C22H21ClN2O4S/c1-30(27,28)25-20-10-6-5-9-18(20)14-24-22(26)15-29-21-12-11-17(13-19(21)23)16-7-3-2-4-8-16/h2-13,25H,14-15H2,1H3,(H,24,26). The van der Waals surface area contributed by atoms with E-state index in [0.717, 1.165) is 17.4 Å². The number of para-hydroxylation sites is 1. The van der Waals surface area contributed by atoms with Crippen LogP contribution in [0.4, 0.5) is 5.69 Å². The average molecular weight is 445 g/mol. The Morgan fingerprint density at radius 2 is 1.67 bits per heavy atom. The molecule has 0 aliphatic rings. The molecule has 2 N–H and O–H groups in total. The summed E-state index contributed by atoms with van der Waals surface area (Å²) in [6.07, 6.45) is 1.07. The first kappa shape index (κ1) is 21.7. The molecule has 0 radical (unpaired) electrons. The maximum absolute atomic E-state index is 12.2. The molecule has 6 nitrogen and oxygen atoms in total. The van der Waals surface area contributed by atoms with Crippen molar-refractivity contribution in [3.63, 3.8) is 0 Å². The highest BCUT2D eigenvalue weighted by molar-refractivity contribution is 7.92. The normalized spacial score (nSPS) is 11.0. The minimum Gasteiger partial charge on any atom is -0.482 e. The van der Waals surface area contributed by atoms with E-state index in [1.807, 2.05) is 36.4 Å². The molecule has 0 bridgehead atoms. The van der Waals surface area contributed by atoms with Crippen LogP contribution in [0.5, 0.6) is 5.75 Å². The number of rotatable bonds is 8. The number of halogens is 1. The van der Waals surface area contributed by atoms with Gasteiger partial charge >= 0.3 is 0 Å². The van der Waals surface area contributed by atoms with Crippen molar-refractivity contribution in [2.75, 3.05) is 17.6 Å². The predicted molar refractivity (Wildman–Crippen MR) is 119 cm³/mol. The van der Waals surface area contributed by atoms with Crippen LogP contribution in [0.15, 0.2) is 72.8 Å². The van der Waals surface area contributed by atoms with Crippen LogP contribution in [0.3, 0.4) is 0 Å². The molecule has 0 spiro atoms. The first-order valence-electron chi connectivity index (χ1n) is 9.12. The van der Waals surface area contributed by atoms with Gasteiger partial charge in [-0.3, -0.25) is 9.52 Å². The van der Waals surface area contributed by atoms with E-state index in [1.165, 1.54) is 0 Å². The molecular weight excluding hydrogens is 424 g/mol. The van der Waals surface area contributed by atoms with Crippen molar-refractivity contribution in [3.05, 3.63) is 83.4 Å². The lowest BCUT2D eigenvalue weighted by atomic mass is 10.1. The third kappa shape index (κ3) is 6.23. The van der Waals surface area contributed by atoms with Crippen molar-refractivity contribution >= 4 is 33.2 Å². The Balaban J connectivity index is 1.57. The highest BCUT2D eigenvalue weighted by atomic mass is 35.5. The third-order valence-electron chi connectivity index (χ3n) is 4.19. The molecule has 3 aromatic carbocycles. The molecule has 156 valence electrons. The van der Waals surface area contributed by atoms with Crippen molar-refractivity contribution < 1.29 is 17.9 Å². The van der Waals surface area contributed by atoms with E-state index in [4.69, 9.17) is 16.3 Å². The van der Waals surface area contributed by atoms with E-state index in [0.29, 0.717) is 22.0 Å². The van der Waals surface area contributed by atoms with Crippen molar-refractivity contribution in [2.24, 2.45) is 0 Å². The Kier molecular flexibility index (Phi) is 6.97. The monoisotopic (exact) mass is 444 g/mol. The van der Waals surface area contributed by atoms with Crippen molar-refractivity contribution in [2.45, 2.75) is 6.54 Å². The molecule has 0 aromatic heterocycles. The van der Waals surface area contributed by atoms with Crippen LogP contribution in [0.25, 0.3) is 11.1 Å². The molecule has 0 saturated carbocycles. The van der Waals surface area contributed by atoms with Gasteiger partial charge in [-0.25, -0.2) is 8.42 Å². The third-order valence-corrected chi connectivity index (χ3v) is 5.07. The van der Waals surface area contributed by atoms with Crippen LogP contribution in [0, 0.1) is 0 Å². The topological polar surface area (TPSA) is 84.5 Å². The highest BCUT2D eigenvalue weighted by Crippen LogP contribution is 2.30. The number of amides is 1. The molecule has 1 amide bonds. The summed E-state index contributed by atoms with van der Waals surface area (Å²) in [7, 11) is -3.42. The molecule has 0 saturated heterocycles. The van der Waals surface area contributed by atoms with E-state index < -0.39 is 10.0 Å². The van der Waals surface area contributed by atoms with Gasteiger partial charge in [0.2, 0.25) is 10.0 Å². The zero-order chi connectivity index (χ0) is 21.6. The van der Waals surface area contributed by atoms with Crippen LogP contribution >= 0.6 is 11.6 Å². The van der Waals surface area contributed by atoms with Crippen LogP contribution in [-0.4, -0.2) is 27.2 Å². The van der Waals surface area contributed by atoms with Crippen LogP contribution in [0.1, 0.15) is 5.56 Å². The summed E-state index contributed by atoms with van der Waals surface area (Å²) in [4.78, 5) is 12.2. The number of ether oxygens (including phenoxy) is 1. The summed E-state index contributed by atoms with van der Waals surface area (Å²) in [6.45, 7) is -0.0619. The summed E-state index contributed by atoms with van der Waals surface area (Å²) in [5, 5.41) is 3.12. The first-order chi connectivity index (χ1) is 14.3. The molecule has 0 unspecified atom stereocenters. The predicted octanol–water partition coefficient (Wildman–Crippen LogP) is 4.07. The van der Waals surface area contributed by atoms with Gasteiger partial charge in [-0.2, -0.15) is 0 Å². The maximum atomic E-state index is 12.2. The van der Waals surface area contributed by atoms with Crippen molar-refractivity contribution in [3.8, 4) is 16.9 Å². The summed E-state index contributed by atoms with van der Waals surface area (Å²) in [6, 6.07) is 22.0. The van der Waals surface area contributed by atoms with Crippen LogP contribution < -0.4 is 14.8 Å². The maximum Gasteiger partial charge on any atom is 0.258 e. The Morgan fingerprint density at radius 3 is 2.37 bits per heavy atom. The molecule has 0 aliphatic carbocycles.